The topological polar surface area (TPSA) is 9.23 Å². The number of aryl methyl sites for hydroxylation is 3. The van der Waals surface area contributed by atoms with E-state index in [1.807, 2.05) is 13.8 Å². The molecule has 7 aromatic rings. The van der Waals surface area contributed by atoms with Crippen LogP contribution < -0.4 is 21.1 Å². The number of hydrogen-bond donors (Lipinski definition) is 0. The zero-order valence-corrected chi connectivity index (χ0v) is 24.4. The Labute approximate surface area is 242 Å². The summed E-state index contributed by atoms with van der Waals surface area (Å²) in [4.78, 5) is 0. The van der Waals surface area contributed by atoms with Crippen molar-refractivity contribution in [1.82, 2.24) is 0 Å². The van der Waals surface area contributed by atoms with Crippen LogP contribution in [0.5, 0.6) is 11.5 Å². The average Bonchev–Trinajstić information content (AvgIpc) is 3.13. The largest absolute Gasteiger partial charge is 0.457 e. The Balaban J connectivity index is 0.00000135. The zero-order chi connectivity index (χ0) is 28.2. The first kappa shape index (κ1) is 25.4. The maximum Gasteiger partial charge on any atom is 0.247 e. The second-order valence-corrected chi connectivity index (χ2v) is 11.1. The van der Waals surface area contributed by atoms with Gasteiger partial charge in [0.2, 0.25) is 6.71 Å². The number of fused-ring (bicyclic) bond motifs is 1. The van der Waals surface area contributed by atoms with Crippen LogP contribution in [0.15, 0.2) is 109 Å². The molecular formula is C39H33BO. The Morgan fingerprint density at radius 1 is 0.537 bits per heavy atom. The molecule has 8 rings (SSSR count). The highest BCUT2D eigenvalue weighted by atomic mass is 16.5. The number of hydrogen-bond acceptors (Lipinski definition) is 1. The molecule has 1 nitrogen and oxygen atoms in total. The first-order chi connectivity index (χ1) is 20.1. The van der Waals surface area contributed by atoms with Crippen molar-refractivity contribution in [2.24, 2.45) is 0 Å². The third-order valence-corrected chi connectivity index (χ3v) is 8.60. The van der Waals surface area contributed by atoms with Crippen molar-refractivity contribution >= 4 is 55.4 Å². The van der Waals surface area contributed by atoms with E-state index in [9.17, 15) is 0 Å². The Morgan fingerprint density at radius 3 is 2.00 bits per heavy atom. The smallest absolute Gasteiger partial charge is 0.247 e. The second-order valence-electron chi connectivity index (χ2n) is 11.1. The maximum absolute atomic E-state index is 6.74. The normalized spacial score (nSPS) is 12.2. The van der Waals surface area contributed by atoms with Gasteiger partial charge < -0.3 is 4.74 Å². The standard InChI is InChI=1S/C37H27BO.C2H6/c1-22-19-23(2)34(24(3)20-22)28-17-14-26-21-31-37-33(18-15-25-13-16-29(28)35(26)36(25)37)39-32-12-8-7-11-30(32)38(31)27-9-5-4-6-10-27;1-2/h4-21H,1-3H3;1-2H3. The van der Waals surface area contributed by atoms with Gasteiger partial charge in [-0.25, -0.2) is 0 Å². The molecule has 0 radical (unpaired) electrons. The van der Waals surface area contributed by atoms with Gasteiger partial charge in [-0.05, 0) is 82.2 Å². The lowest BCUT2D eigenvalue weighted by Crippen LogP contribution is -2.51. The van der Waals surface area contributed by atoms with E-state index in [4.69, 9.17) is 4.74 Å². The molecule has 0 aliphatic carbocycles. The second kappa shape index (κ2) is 9.82. The van der Waals surface area contributed by atoms with Gasteiger partial charge in [-0.3, -0.25) is 0 Å². The predicted molar refractivity (Wildman–Crippen MR) is 179 cm³/mol. The van der Waals surface area contributed by atoms with Crippen molar-refractivity contribution in [2.45, 2.75) is 34.6 Å². The van der Waals surface area contributed by atoms with E-state index in [-0.39, 0.29) is 6.71 Å². The van der Waals surface area contributed by atoms with Crippen LogP contribution >= 0.6 is 0 Å². The van der Waals surface area contributed by atoms with Gasteiger partial charge in [-0.2, -0.15) is 0 Å². The van der Waals surface area contributed by atoms with Gasteiger partial charge in [0.25, 0.3) is 0 Å². The van der Waals surface area contributed by atoms with Crippen molar-refractivity contribution < 1.29 is 4.74 Å². The third kappa shape index (κ3) is 3.85. The molecule has 198 valence electrons. The summed E-state index contributed by atoms with van der Waals surface area (Å²) in [6.07, 6.45) is 0. The van der Waals surface area contributed by atoms with Crippen molar-refractivity contribution in [3.63, 3.8) is 0 Å². The number of benzene rings is 7. The van der Waals surface area contributed by atoms with E-state index in [1.54, 1.807) is 0 Å². The minimum absolute atomic E-state index is 0.0823. The quantitative estimate of drug-likeness (QED) is 0.161. The van der Waals surface area contributed by atoms with E-state index in [0.29, 0.717) is 0 Å². The molecule has 0 amide bonds. The SMILES string of the molecule is CC.Cc1cc(C)c(-c2ccc3cc4c5c(ccc6ccc2c3c65)Oc2ccccc2B4c2ccccc2)c(C)c1. The molecule has 41 heavy (non-hydrogen) atoms. The van der Waals surface area contributed by atoms with Gasteiger partial charge in [0.15, 0.2) is 0 Å². The predicted octanol–water partition coefficient (Wildman–Crippen LogP) is 8.82. The molecule has 1 aliphatic rings. The van der Waals surface area contributed by atoms with Gasteiger partial charge in [0.1, 0.15) is 11.5 Å². The monoisotopic (exact) mass is 528 g/mol. The fraction of sp³-hybridized carbons (Fsp3) is 0.128. The summed E-state index contributed by atoms with van der Waals surface area (Å²) < 4.78 is 6.74. The molecule has 1 aliphatic heterocycles. The summed E-state index contributed by atoms with van der Waals surface area (Å²) in [6.45, 7) is 10.7. The van der Waals surface area contributed by atoms with Crippen LogP contribution in [0.4, 0.5) is 0 Å². The number of rotatable bonds is 2. The third-order valence-electron chi connectivity index (χ3n) is 8.60. The molecule has 0 saturated carbocycles. The fourth-order valence-electron chi connectivity index (χ4n) is 7.15. The highest BCUT2D eigenvalue weighted by molar-refractivity contribution is 6.97. The lowest BCUT2D eigenvalue weighted by atomic mass is 9.36. The summed E-state index contributed by atoms with van der Waals surface area (Å²) in [5, 5.41) is 7.69. The Hall–Kier alpha value is -4.56. The molecule has 7 aromatic carbocycles. The van der Waals surface area contributed by atoms with Gasteiger partial charge >= 0.3 is 0 Å². The average molecular weight is 529 g/mol. The molecule has 0 fully saturated rings. The van der Waals surface area contributed by atoms with Gasteiger partial charge in [0.05, 0.1) is 0 Å². The van der Waals surface area contributed by atoms with Crippen LogP contribution in [0.2, 0.25) is 0 Å². The Kier molecular flexibility index (Phi) is 6.09. The van der Waals surface area contributed by atoms with Gasteiger partial charge in [-0.15, -0.1) is 0 Å². The zero-order valence-electron chi connectivity index (χ0n) is 24.4. The summed E-state index contributed by atoms with van der Waals surface area (Å²) in [5.41, 5.74) is 10.4. The van der Waals surface area contributed by atoms with Crippen molar-refractivity contribution in [1.29, 1.82) is 0 Å². The molecule has 0 atom stereocenters. The van der Waals surface area contributed by atoms with Gasteiger partial charge in [0, 0.05) is 10.8 Å². The van der Waals surface area contributed by atoms with E-state index in [1.165, 1.54) is 76.5 Å². The molecular weight excluding hydrogens is 495 g/mol. The van der Waals surface area contributed by atoms with Crippen LogP contribution in [0, 0.1) is 20.8 Å². The number of para-hydroxylation sites is 1. The fourth-order valence-corrected chi connectivity index (χ4v) is 7.15. The summed E-state index contributed by atoms with van der Waals surface area (Å²) in [5.74, 6) is 1.87. The van der Waals surface area contributed by atoms with Crippen molar-refractivity contribution in [3.8, 4) is 22.6 Å². The van der Waals surface area contributed by atoms with E-state index >= 15 is 0 Å². The van der Waals surface area contributed by atoms with E-state index in [0.717, 1.165) is 11.5 Å². The van der Waals surface area contributed by atoms with E-state index < -0.39 is 0 Å². The molecule has 0 unspecified atom stereocenters. The van der Waals surface area contributed by atoms with Crippen LogP contribution in [0.25, 0.3) is 43.4 Å². The summed E-state index contributed by atoms with van der Waals surface area (Å²) in [6, 6.07) is 40.1. The maximum atomic E-state index is 6.74. The Morgan fingerprint density at radius 2 is 1.22 bits per heavy atom. The van der Waals surface area contributed by atoms with Crippen LogP contribution in [0.3, 0.4) is 0 Å². The molecule has 0 aromatic heterocycles. The van der Waals surface area contributed by atoms with Crippen LogP contribution in [-0.4, -0.2) is 6.71 Å². The molecule has 1 heterocycles. The highest BCUT2D eigenvalue weighted by Crippen LogP contribution is 2.44. The van der Waals surface area contributed by atoms with Crippen LogP contribution in [0.1, 0.15) is 30.5 Å². The molecule has 0 spiro atoms. The first-order valence-corrected chi connectivity index (χ1v) is 14.7. The lowest BCUT2D eigenvalue weighted by Gasteiger charge is -2.21. The highest BCUT2D eigenvalue weighted by Gasteiger charge is 2.32. The van der Waals surface area contributed by atoms with Gasteiger partial charge in [-0.1, -0.05) is 127 Å². The molecule has 0 bridgehead atoms. The minimum Gasteiger partial charge on any atom is -0.457 e. The molecule has 2 heteroatoms. The summed E-state index contributed by atoms with van der Waals surface area (Å²) >= 11 is 0. The summed E-state index contributed by atoms with van der Waals surface area (Å²) in [7, 11) is 0. The molecule has 0 N–H and O–H groups in total. The van der Waals surface area contributed by atoms with Crippen LogP contribution in [-0.2, 0) is 0 Å². The van der Waals surface area contributed by atoms with Crippen molar-refractivity contribution in [2.75, 3.05) is 0 Å². The van der Waals surface area contributed by atoms with Crippen molar-refractivity contribution in [3.05, 3.63) is 126 Å². The lowest BCUT2D eigenvalue weighted by molar-refractivity contribution is 0.493. The minimum atomic E-state index is 0.0823. The number of ether oxygens (including phenoxy) is 1. The first-order valence-electron chi connectivity index (χ1n) is 14.7. The molecule has 0 saturated heterocycles. The van der Waals surface area contributed by atoms with E-state index in [2.05, 4.69) is 130 Å². The Bertz CT molecular complexity index is 2050.